The van der Waals surface area contributed by atoms with Crippen molar-refractivity contribution in [2.45, 2.75) is 5.82 Å². The van der Waals surface area contributed by atoms with Crippen molar-refractivity contribution in [3.8, 4) is 0 Å². The Bertz CT molecular complexity index is 553. The molecule has 1 radical (unpaired) electrons. The molecule has 2 aromatic carbocycles. The Kier molecular flexibility index (Phi) is 3.97. The van der Waals surface area contributed by atoms with Crippen LogP contribution < -0.4 is 0 Å². The zero-order chi connectivity index (χ0) is 13.6. The highest BCUT2D eigenvalue weighted by Crippen LogP contribution is 2.24. The van der Waals surface area contributed by atoms with Gasteiger partial charge in [0.25, 0.3) is 7.41 Å². The van der Waals surface area contributed by atoms with Crippen molar-refractivity contribution < 1.29 is 0 Å². The van der Waals surface area contributed by atoms with E-state index in [0.717, 1.165) is 0 Å². The molecule has 1 aliphatic rings. The van der Waals surface area contributed by atoms with Gasteiger partial charge in [-0.2, -0.15) is 0 Å². The number of hydrogen-bond acceptors (Lipinski definition) is 2. The van der Waals surface area contributed by atoms with Gasteiger partial charge in [0.1, 0.15) is 0 Å². The highest BCUT2D eigenvalue weighted by molar-refractivity contribution is 6.36. The van der Waals surface area contributed by atoms with Crippen LogP contribution in [0, 0.1) is 0 Å². The van der Waals surface area contributed by atoms with Crippen LogP contribution in [0.3, 0.4) is 0 Å². The summed E-state index contributed by atoms with van der Waals surface area (Å²) < 4.78 is 0. The predicted octanol–water partition coefficient (Wildman–Crippen LogP) is 3.25. The molecule has 0 spiro atoms. The van der Waals surface area contributed by atoms with E-state index in [-0.39, 0.29) is 5.82 Å². The SMILES string of the molecule is [B](C(c1ccccc1)c1ccccc1)N1C=CC=NC1. The summed E-state index contributed by atoms with van der Waals surface area (Å²) in [5, 5.41) is 0. The molecule has 97 valence electrons. The number of benzene rings is 2. The van der Waals surface area contributed by atoms with Crippen LogP contribution in [0.5, 0.6) is 0 Å². The minimum absolute atomic E-state index is 0.246. The third-order valence-corrected chi connectivity index (χ3v) is 3.37. The molecule has 0 aromatic heterocycles. The maximum absolute atomic E-state index is 4.28. The average molecular weight is 259 g/mol. The zero-order valence-electron chi connectivity index (χ0n) is 11.3. The lowest BCUT2D eigenvalue weighted by molar-refractivity contribution is 0.594. The van der Waals surface area contributed by atoms with Gasteiger partial charge in [-0.3, -0.25) is 4.99 Å². The van der Waals surface area contributed by atoms with E-state index < -0.39 is 0 Å². The van der Waals surface area contributed by atoms with Gasteiger partial charge < -0.3 is 4.81 Å². The van der Waals surface area contributed by atoms with Crippen LogP contribution in [0.1, 0.15) is 16.9 Å². The lowest BCUT2D eigenvalue weighted by Crippen LogP contribution is -2.29. The van der Waals surface area contributed by atoms with E-state index in [1.165, 1.54) is 11.1 Å². The molecule has 0 unspecified atom stereocenters. The number of rotatable bonds is 4. The first-order valence-electron chi connectivity index (χ1n) is 6.81. The Balaban J connectivity index is 1.88. The molecule has 1 aliphatic heterocycles. The van der Waals surface area contributed by atoms with Gasteiger partial charge in [-0.1, -0.05) is 60.7 Å². The second-order valence-corrected chi connectivity index (χ2v) is 4.78. The van der Waals surface area contributed by atoms with Crippen LogP contribution in [0.4, 0.5) is 0 Å². The van der Waals surface area contributed by atoms with Crippen LogP contribution in [0.25, 0.3) is 0 Å². The first kappa shape index (κ1) is 12.7. The first-order valence-corrected chi connectivity index (χ1v) is 6.81. The molecule has 0 N–H and O–H groups in total. The van der Waals surface area contributed by atoms with Gasteiger partial charge in [-0.15, -0.1) is 0 Å². The average Bonchev–Trinajstić information content (AvgIpc) is 2.55. The van der Waals surface area contributed by atoms with Crippen molar-refractivity contribution in [2.75, 3.05) is 6.67 Å². The Morgan fingerprint density at radius 3 is 2.00 bits per heavy atom. The molecule has 0 saturated heterocycles. The molecule has 3 heteroatoms. The fourth-order valence-corrected chi connectivity index (χ4v) is 2.37. The summed E-state index contributed by atoms with van der Waals surface area (Å²) in [5.41, 5.74) is 2.59. The molecule has 0 amide bonds. The van der Waals surface area contributed by atoms with Crippen molar-refractivity contribution in [2.24, 2.45) is 4.99 Å². The minimum atomic E-state index is 0.246. The Hall–Kier alpha value is -2.29. The summed E-state index contributed by atoms with van der Waals surface area (Å²) in [7, 11) is 2.23. The summed E-state index contributed by atoms with van der Waals surface area (Å²) in [4.78, 5) is 6.41. The third-order valence-electron chi connectivity index (χ3n) is 3.37. The topological polar surface area (TPSA) is 15.6 Å². The molecule has 0 saturated carbocycles. The standard InChI is InChI=1S/C17H16BN2/c1-3-8-15(9-4-1)17(16-10-5-2-6-11-16)18-20-13-7-12-19-14-20/h1-13,17H,14H2. The number of nitrogens with zero attached hydrogens (tertiary/aromatic N) is 2. The molecule has 3 rings (SSSR count). The first-order chi connectivity index (χ1) is 9.93. The highest BCUT2D eigenvalue weighted by atomic mass is 15.1. The van der Waals surface area contributed by atoms with Gasteiger partial charge in [-0.25, -0.2) is 0 Å². The van der Waals surface area contributed by atoms with Gasteiger partial charge in [0.05, 0.1) is 6.67 Å². The molecule has 2 nitrogen and oxygen atoms in total. The summed E-state index contributed by atoms with van der Waals surface area (Å²) in [6.07, 6.45) is 5.86. The van der Waals surface area contributed by atoms with Crippen molar-refractivity contribution >= 4 is 13.6 Å². The summed E-state index contributed by atoms with van der Waals surface area (Å²) in [5.74, 6) is 0.246. The number of allylic oxidation sites excluding steroid dienone is 1. The van der Waals surface area contributed by atoms with Crippen LogP contribution in [-0.2, 0) is 0 Å². The van der Waals surface area contributed by atoms with Crippen molar-refractivity contribution in [3.63, 3.8) is 0 Å². The lowest BCUT2D eigenvalue weighted by Gasteiger charge is -2.25. The minimum Gasteiger partial charge on any atom is -0.407 e. The van der Waals surface area contributed by atoms with E-state index in [0.29, 0.717) is 6.67 Å². The maximum Gasteiger partial charge on any atom is 0.260 e. The van der Waals surface area contributed by atoms with E-state index in [1.54, 1.807) is 0 Å². The van der Waals surface area contributed by atoms with Gasteiger partial charge in [0.15, 0.2) is 0 Å². The van der Waals surface area contributed by atoms with Crippen molar-refractivity contribution in [3.05, 3.63) is 84.1 Å². The fraction of sp³-hybridized carbons (Fsp3) is 0.118. The Labute approximate surface area is 120 Å². The summed E-state index contributed by atoms with van der Waals surface area (Å²) >= 11 is 0. The number of hydrogen-bond donors (Lipinski definition) is 0. The second-order valence-electron chi connectivity index (χ2n) is 4.78. The summed E-state index contributed by atoms with van der Waals surface area (Å²) in [6.45, 7) is 0.687. The van der Waals surface area contributed by atoms with Crippen molar-refractivity contribution in [1.29, 1.82) is 0 Å². The van der Waals surface area contributed by atoms with E-state index in [1.807, 2.05) is 12.3 Å². The molecule has 20 heavy (non-hydrogen) atoms. The highest BCUT2D eigenvalue weighted by Gasteiger charge is 2.19. The molecular formula is C17H16BN2. The Morgan fingerprint density at radius 1 is 0.900 bits per heavy atom. The van der Waals surface area contributed by atoms with E-state index in [2.05, 4.69) is 84.1 Å². The normalized spacial score (nSPS) is 13.8. The molecule has 0 atom stereocenters. The number of aliphatic imine (C=N–C) groups is 1. The van der Waals surface area contributed by atoms with Gasteiger partial charge in [0, 0.05) is 12.0 Å². The lowest BCUT2D eigenvalue weighted by atomic mass is 9.66. The molecule has 2 aromatic rings. The van der Waals surface area contributed by atoms with E-state index in [4.69, 9.17) is 0 Å². The van der Waals surface area contributed by atoms with Crippen LogP contribution >= 0.6 is 0 Å². The Morgan fingerprint density at radius 2 is 1.50 bits per heavy atom. The molecule has 1 heterocycles. The van der Waals surface area contributed by atoms with E-state index >= 15 is 0 Å². The zero-order valence-corrected chi connectivity index (χ0v) is 11.3. The quantitative estimate of drug-likeness (QED) is 0.769. The smallest absolute Gasteiger partial charge is 0.260 e. The van der Waals surface area contributed by atoms with Crippen molar-refractivity contribution in [1.82, 2.24) is 4.81 Å². The van der Waals surface area contributed by atoms with Gasteiger partial charge >= 0.3 is 0 Å². The molecule has 0 fully saturated rings. The molecule has 0 bridgehead atoms. The van der Waals surface area contributed by atoms with Gasteiger partial charge in [0.2, 0.25) is 0 Å². The van der Waals surface area contributed by atoms with E-state index in [9.17, 15) is 0 Å². The van der Waals surface area contributed by atoms with Crippen LogP contribution in [-0.4, -0.2) is 25.1 Å². The van der Waals surface area contributed by atoms with Crippen LogP contribution in [0.2, 0.25) is 0 Å². The molecule has 0 aliphatic carbocycles. The maximum atomic E-state index is 4.28. The second kappa shape index (κ2) is 6.24. The third kappa shape index (κ3) is 2.99. The van der Waals surface area contributed by atoms with Gasteiger partial charge in [-0.05, 0) is 23.4 Å². The monoisotopic (exact) mass is 259 g/mol. The predicted molar refractivity (Wildman–Crippen MR) is 84.8 cm³/mol. The fourth-order valence-electron chi connectivity index (χ4n) is 2.37. The summed E-state index contributed by atoms with van der Waals surface area (Å²) in [6, 6.07) is 21.1. The largest absolute Gasteiger partial charge is 0.407 e. The molecular weight excluding hydrogens is 243 g/mol. The van der Waals surface area contributed by atoms with Crippen LogP contribution in [0.15, 0.2) is 77.9 Å².